The molecular formula is C21H23N3O. The second-order valence-electron chi connectivity index (χ2n) is 7.28. The molecule has 2 heterocycles. The van der Waals surface area contributed by atoms with Crippen molar-refractivity contribution < 1.29 is 4.74 Å². The van der Waals surface area contributed by atoms with Crippen molar-refractivity contribution in [3.8, 4) is 11.8 Å². The molecule has 0 saturated carbocycles. The van der Waals surface area contributed by atoms with Gasteiger partial charge in [-0.15, -0.1) is 0 Å². The molecule has 128 valence electrons. The van der Waals surface area contributed by atoms with Crippen molar-refractivity contribution in [3.63, 3.8) is 0 Å². The highest BCUT2D eigenvalue weighted by atomic mass is 16.5. The Labute approximate surface area is 148 Å². The molecule has 3 aromatic rings. The fraction of sp³-hybridized carbons (Fsp3) is 0.333. The average Bonchev–Trinajstić information content (AvgIpc) is 2.89. The van der Waals surface area contributed by atoms with Crippen LogP contribution in [0.15, 0.2) is 42.6 Å². The Kier molecular flexibility index (Phi) is 4.50. The number of imidazole rings is 1. The van der Waals surface area contributed by atoms with Crippen molar-refractivity contribution in [1.29, 1.82) is 5.26 Å². The van der Waals surface area contributed by atoms with E-state index >= 15 is 0 Å². The summed E-state index contributed by atoms with van der Waals surface area (Å²) in [6.07, 6.45) is 2.26. The molecule has 0 N–H and O–H groups in total. The van der Waals surface area contributed by atoms with Crippen LogP contribution in [0.2, 0.25) is 0 Å². The van der Waals surface area contributed by atoms with E-state index in [1.54, 1.807) is 0 Å². The molecule has 0 unspecified atom stereocenters. The Morgan fingerprint density at radius 2 is 1.88 bits per heavy atom. The topological polar surface area (TPSA) is 50.3 Å². The molecule has 25 heavy (non-hydrogen) atoms. The zero-order valence-corrected chi connectivity index (χ0v) is 15.2. The third-order valence-electron chi connectivity index (χ3n) is 4.37. The van der Waals surface area contributed by atoms with Crippen LogP contribution in [-0.2, 0) is 18.4 Å². The van der Waals surface area contributed by atoms with Gasteiger partial charge in [-0.3, -0.25) is 4.40 Å². The first-order chi connectivity index (χ1) is 11.9. The third kappa shape index (κ3) is 3.51. The van der Waals surface area contributed by atoms with Crippen molar-refractivity contribution in [1.82, 2.24) is 9.38 Å². The molecule has 0 spiro atoms. The smallest absolute Gasteiger partial charge is 0.180 e. The highest BCUT2D eigenvalue weighted by Gasteiger charge is 2.14. The van der Waals surface area contributed by atoms with E-state index in [4.69, 9.17) is 10.00 Å². The Hall–Kier alpha value is -2.80. The van der Waals surface area contributed by atoms with Crippen LogP contribution in [0.4, 0.5) is 0 Å². The van der Waals surface area contributed by atoms with Crippen LogP contribution >= 0.6 is 0 Å². The Morgan fingerprint density at radius 1 is 1.16 bits per heavy atom. The van der Waals surface area contributed by atoms with Crippen LogP contribution in [0.1, 0.15) is 43.3 Å². The number of benzene rings is 1. The number of aromatic nitrogens is 2. The van der Waals surface area contributed by atoms with Gasteiger partial charge in [0, 0.05) is 6.20 Å². The van der Waals surface area contributed by atoms with Gasteiger partial charge in [0.1, 0.15) is 6.61 Å². The van der Waals surface area contributed by atoms with E-state index in [1.165, 1.54) is 5.56 Å². The Bertz CT molecular complexity index is 925. The number of rotatable bonds is 4. The van der Waals surface area contributed by atoms with Crippen molar-refractivity contribution >= 4 is 5.65 Å². The van der Waals surface area contributed by atoms with Gasteiger partial charge in [-0.25, -0.2) is 4.98 Å². The summed E-state index contributed by atoms with van der Waals surface area (Å²) in [6.45, 7) is 9.04. The molecule has 4 nitrogen and oxygen atoms in total. The predicted octanol–water partition coefficient (Wildman–Crippen LogP) is 4.59. The van der Waals surface area contributed by atoms with Crippen LogP contribution < -0.4 is 4.74 Å². The summed E-state index contributed by atoms with van der Waals surface area (Å²) >= 11 is 0. The molecule has 1 aromatic carbocycles. The summed E-state index contributed by atoms with van der Waals surface area (Å²) in [5.41, 5.74) is 5.12. The molecule has 0 bridgehead atoms. The summed E-state index contributed by atoms with van der Waals surface area (Å²) in [5.74, 6) is 0.731. The quantitative estimate of drug-likeness (QED) is 0.702. The lowest BCUT2D eigenvalue weighted by molar-refractivity contribution is 0.308. The molecule has 0 fully saturated rings. The van der Waals surface area contributed by atoms with Crippen LogP contribution in [0.5, 0.6) is 5.75 Å². The molecular weight excluding hydrogens is 310 g/mol. The predicted molar refractivity (Wildman–Crippen MR) is 98.7 cm³/mol. The van der Waals surface area contributed by atoms with E-state index in [0.29, 0.717) is 13.0 Å². The molecule has 3 rings (SSSR count). The maximum atomic E-state index is 9.00. The highest BCUT2D eigenvalue weighted by Crippen LogP contribution is 2.25. The number of hydrogen-bond acceptors (Lipinski definition) is 3. The third-order valence-corrected chi connectivity index (χ3v) is 4.37. The molecule has 2 aromatic heterocycles. The van der Waals surface area contributed by atoms with Gasteiger partial charge >= 0.3 is 0 Å². The van der Waals surface area contributed by atoms with Crippen molar-refractivity contribution in [3.05, 3.63) is 65.1 Å². The summed E-state index contributed by atoms with van der Waals surface area (Å²) < 4.78 is 7.95. The fourth-order valence-corrected chi connectivity index (χ4v) is 2.87. The molecule has 0 aliphatic carbocycles. The number of pyridine rings is 1. The van der Waals surface area contributed by atoms with Crippen molar-refractivity contribution in [2.24, 2.45) is 0 Å². The van der Waals surface area contributed by atoms with Gasteiger partial charge < -0.3 is 4.74 Å². The SMILES string of the molecule is Cc1nc2c(OCc3ccc(C(C)(C)C)cc3)cccn2c1CC#N. The number of nitriles is 1. The summed E-state index contributed by atoms with van der Waals surface area (Å²) in [7, 11) is 0. The first kappa shape index (κ1) is 17.0. The summed E-state index contributed by atoms with van der Waals surface area (Å²) in [6, 6.07) is 14.6. The van der Waals surface area contributed by atoms with Gasteiger partial charge in [0.15, 0.2) is 11.4 Å². The molecule has 4 heteroatoms. The lowest BCUT2D eigenvalue weighted by Gasteiger charge is -2.19. The molecule has 0 aliphatic heterocycles. The molecule has 0 amide bonds. The maximum Gasteiger partial charge on any atom is 0.180 e. The zero-order valence-electron chi connectivity index (χ0n) is 15.2. The van der Waals surface area contributed by atoms with E-state index in [0.717, 1.165) is 28.3 Å². The highest BCUT2D eigenvalue weighted by molar-refractivity contribution is 5.56. The zero-order chi connectivity index (χ0) is 18.0. The minimum atomic E-state index is 0.148. The second kappa shape index (κ2) is 6.60. The molecule has 0 saturated heterocycles. The van der Waals surface area contributed by atoms with Crippen LogP contribution in [0, 0.1) is 18.3 Å². The number of hydrogen-bond donors (Lipinski definition) is 0. The number of fused-ring (bicyclic) bond motifs is 1. The van der Waals surface area contributed by atoms with Gasteiger partial charge in [0.25, 0.3) is 0 Å². The molecule has 0 atom stereocenters. The molecule has 0 radical (unpaired) electrons. The van der Waals surface area contributed by atoms with Crippen molar-refractivity contribution in [2.75, 3.05) is 0 Å². The van der Waals surface area contributed by atoms with Crippen LogP contribution in [0.25, 0.3) is 5.65 Å². The number of ether oxygens (including phenoxy) is 1. The van der Waals surface area contributed by atoms with E-state index in [1.807, 2.05) is 29.7 Å². The van der Waals surface area contributed by atoms with E-state index in [2.05, 4.69) is 56.1 Å². The van der Waals surface area contributed by atoms with Crippen LogP contribution in [-0.4, -0.2) is 9.38 Å². The number of nitrogens with zero attached hydrogens (tertiary/aromatic N) is 3. The minimum absolute atomic E-state index is 0.148. The Morgan fingerprint density at radius 3 is 2.52 bits per heavy atom. The summed E-state index contributed by atoms with van der Waals surface area (Å²) in [4.78, 5) is 4.58. The lowest BCUT2D eigenvalue weighted by Crippen LogP contribution is -2.10. The lowest BCUT2D eigenvalue weighted by atomic mass is 9.87. The fourth-order valence-electron chi connectivity index (χ4n) is 2.87. The van der Waals surface area contributed by atoms with E-state index in [-0.39, 0.29) is 5.41 Å². The van der Waals surface area contributed by atoms with E-state index in [9.17, 15) is 0 Å². The van der Waals surface area contributed by atoms with Gasteiger partial charge in [-0.1, -0.05) is 45.0 Å². The Balaban J connectivity index is 1.82. The first-order valence-corrected chi connectivity index (χ1v) is 8.46. The van der Waals surface area contributed by atoms with Gasteiger partial charge in [0.2, 0.25) is 0 Å². The van der Waals surface area contributed by atoms with Gasteiger partial charge in [-0.2, -0.15) is 5.26 Å². The first-order valence-electron chi connectivity index (χ1n) is 8.46. The standard InChI is InChI=1S/C21H23N3O/c1-15-18(11-12-22)24-13-5-6-19(20(24)23-15)25-14-16-7-9-17(10-8-16)21(2,3)4/h5-10,13H,11,14H2,1-4H3. The van der Waals surface area contributed by atoms with Crippen molar-refractivity contribution in [2.45, 2.75) is 46.1 Å². The average molecular weight is 333 g/mol. The van der Waals surface area contributed by atoms with Crippen LogP contribution in [0.3, 0.4) is 0 Å². The van der Waals surface area contributed by atoms with E-state index < -0.39 is 0 Å². The minimum Gasteiger partial charge on any atom is -0.485 e. The molecule has 0 aliphatic rings. The largest absolute Gasteiger partial charge is 0.485 e. The maximum absolute atomic E-state index is 9.00. The van der Waals surface area contributed by atoms with Gasteiger partial charge in [0.05, 0.1) is 23.9 Å². The summed E-state index contributed by atoms with van der Waals surface area (Å²) in [5, 5.41) is 9.00. The number of aryl methyl sites for hydroxylation is 1. The van der Waals surface area contributed by atoms with Gasteiger partial charge in [-0.05, 0) is 35.6 Å². The monoisotopic (exact) mass is 333 g/mol. The normalized spacial score (nSPS) is 11.5. The second-order valence-corrected chi connectivity index (χ2v) is 7.28.